The van der Waals surface area contributed by atoms with E-state index in [2.05, 4.69) is 15.2 Å². The molecule has 9 nitrogen and oxygen atoms in total. The van der Waals surface area contributed by atoms with Crippen LogP contribution in [-0.4, -0.2) is 75.3 Å². The molecule has 3 rings (SSSR count). The zero-order chi connectivity index (χ0) is 20.4. The Morgan fingerprint density at radius 1 is 1.25 bits per heavy atom. The van der Waals surface area contributed by atoms with Crippen LogP contribution in [0, 0.1) is 0 Å². The van der Waals surface area contributed by atoms with Crippen molar-refractivity contribution in [2.24, 2.45) is 7.05 Å². The van der Waals surface area contributed by atoms with Gasteiger partial charge in [-0.15, -0.1) is 5.10 Å². The van der Waals surface area contributed by atoms with Gasteiger partial charge < -0.3 is 9.80 Å². The van der Waals surface area contributed by atoms with Crippen LogP contribution in [0.1, 0.15) is 26.4 Å². The molecule has 0 radical (unpaired) electrons. The Balaban J connectivity index is 1.86. The SMILES string of the molecule is CN(C)C(=O)c1cnn(C)c1C(=O)Cc1ccn2nc(N(C)CCF)nc2c1. The van der Waals surface area contributed by atoms with Crippen molar-refractivity contribution in [3.63, 3.8) is 0 Å². The van der Waals surface area contributed by atoms with Gasteiger partial charge in [0.25, 0.3) is 5.91 Å². The number of halogens is 1. The highest BCUT2D eigenvalue weighted by Gasteiger charge is 2.23. The van der Waals surface area contributed by atoms with E-state index >= 15 is 0 Å². The van der Waals surface area contributed by atoms with E-state index in [1.165, 1.54) is 15.8 Å². The summed E-state index contributed by atoms with van der Waals surface area (Å²) in [5.74, 6) is -0.0830. The summed E-state index contributed by atoms with van der Waals surface area (Å²) in [7, 11) is 6.60. The second-order valence-electron chi connectivity index (χ2n) is 6.69. The fraction of sp³-hybridized carbons (Fsp3) is 0.389. The number of Topliss-reactive ketones (excluding diaryl/α,β-unsaturated/α-hetero) is 1. The number of carbonyl (C=O) groups is 2. The average molecular weight is 387 g/mol. The molecule has 0 aromatic carbocycles. The summed E-state index contributed by atoms with van der Waals surface area (Å²) in [5, 5.41) is 8.35. The van der Waals surface area contributed by atoms with E-state index in [1.807, 2.05) is 0 Å². The van der Waals surface area contributed by atoms with Gasteiger partial charge in [0, 0.05) is 47.4 Å². The Morgan fingerprint density at radius 3 is 2.68 bits per heavy atom. The van der Waals surface area contributed by atoms with Gasteiger partial charge in [0.05, 0.1) is 11.8 Å². The molecule has 3 aromatic rings. The Bertz CT molecular complexity index is 1020. The fourth-order valence-electron chi connectivity index (χ4n) is 2.85. The molecule has 0 atom stereocenters. The molecule has 0 N–H and O–H groups in total. The van der Waals surface area contributed by atoms with Crippen LogP contribution in [0.25, 0.3) is 5.65 Å². The molecule has 10 heteroatoms. The smallest absolute Gasteiger partial charge is 0.257 e. The minimum absolute atomic E-state index is 0.0895. The van der Waals surface area contributed by atoms with Crippen molar-refractivity contribution in [3.8, 4) is 0 Å². The summed E-state index contributed by atoms with van der Waals surface area (Å²) in [6.07, 6.45) is 3.20. The van der Waals surface area contributed by atoms with Crippen LogP contribution in [0.4, 0.5) is 10.3 Å². The maximum absolute atomic E-state index is 12.9. The van der Waals surface area contributed by atoms with Crippen molar-refractivity contribution in [3.05, 3.63) is 41.3 Å². The lowest BCUT2D eigenvalue weighted by Gasteiger charge is -2.10. The maximum Gasteiger partial charge on any atom is 0.257 e. The first-order valence-corrected chi connectivity index (χ1v) is 8.71. The Labute approximate surface area is 161 Å². The van der Waals surface area contributed by atoms with Crippen molar-refractivity contribution >= 4 is 23.3 Å². The van der Waals surface area contributed by atoms with Crippen LogP contribution in [0.2, 0.25) is 0 Å². The first-order chi connectivity index (χ1) is 13.3. The largest absolute Gasteiger partial charge is 0.345 e. The molecule has 0 saturated carbocycles. The first-order valence-electron chi connectivity index (χ1n) is 8.71. The lowest BCUT2D eigenvalue weighted by atomic mass is 10.0. The number of nitrogens with zero attached hydrogens (tertiary/aromatic N) is 7. The van der Waals surface area contributed by atoms with Gasteiger partial charge in [-0.05, 0) is 17.7 Å². The predicted octanol–water partition coefficient (Wildman–Crippen LogP) is 0.996. The zero-order valence-electron chi connectivity index (χ0n) is 16.3. The number of carbonyl (C=O) groups excluding carboxylic acids is 2. The number of fused-ring (bicyclic) bond motifs is 1. The minimum atomic E-state index is -0.496. The number of anilines is 1. The van der Waals surface area contributed by atoms with Crippen LogP contribution < -0.4 is 4.90 Å². The van der Waals surface area contributed by atoms with Crippen LogP contribution >= 0.6 is 0 Å². The second kappa shape index (κ2) is 7.75. The van der Waals surface area contributed by atoms with E-state index in [-0.39, 0.29) is 35.9 Å². The van der Waals surface area contributed by atoms with Crippen molar-refractivity contribution in [2.45, 2.75) is 6.42 Å². The van der Waals surface area contributed by atoms with E-state index in [0.29, 0.717) is 11.6 Å². The van der Waals surface area contributed by atoms with E-state index in [9.17, 15) is 14.0 Å². The van der Waals surface area contributed by atoms with E-state index in [0.717, 1.165) is 5.56 Å². The van der Waals surface area contributed by atoms with E-state index in [1.54, 1.807) is 55.9 Å². The molecule has 3 aromatic heterocycles. The third-order valence-corrected chi connectivity index (χ3v) is 4.36. The molecular formula is C18H22FN7O2. The number of aromatic nitrogens is 5. The van der Waals surface area contributed by atoms with Gasteiger partial charge in [-0.1, -0.05) is 0 Å². The minimum Gasteiger partial charge on any atom is -0.345 e. The normalized spacial score (nSPS) is 11.0. The number of alkyl halides is 1. The maximum atomic E-state index is 12.9. The van der Waals surface area contributed by atoms with Crippen molar-refractivity contribution in [1.29, 1.82) is 0 Å². The van der Waals surface area contributed by atoms with Gasteiger partial charge in [-0.25, -0.2) is 8.91 Å². The summed E-state index contributed by atoms with van der Waals surface area (Å²) in [4.78, 5) is 32.5. The molecule has 0 saturated heterocycles. The number of hydrogen-bond acceptors (Lipinski definition) is 6. The highest BCUT2D eigenvalue weighted by atomic mass is 19.1. The van der Waals surface area contributed by atoms with Gasteiger partial charge in [0.2, 0.25) is 5.95 Å². The third-order valence-electron chi connectivity index (χ3n) is 4.36. The molecule has 28 heavy (non-hydrogen) atoms. The molecule has 0 aliphatic heterocycles. The fourth-order valence-corrected chi connectivity index (χ4v) is 2.85. The number of aryl methyl sites for hydroxylation is 1. The number of rotatable bonds is 7. The number of amides is 1. The highest BCUT2D eigenvalue weighted by molar-refractivity contribution is 6.07. The Hall–Kier alpha value is -3.30. The van der Waals surface area contributed by atoms with Gasteiger partial charge in [-0.2, -0.15) is 10.1 Å². The molecule has 3 heterocycles. The molecule has 0 aliphatic carbocycles. The van der Waals surface area contributed by atoms with E-state index in [4.69, 9.17) is 0 Å². The standard InChI is InChI=1S/C18H22FN7O2/c1-23(2)17(28)13-11-20-25(4)16(13)14(27)9-12-5-7-26-15(10-12)21-18(22-26)24(3)8-6-19/h5,7,10-11H,6,8-9H2,1-4H3. The quantitative estimate of drug-likeness (QED) is 0.562. The number of hydrogen-bond donors (Lipinski definition) is 0. The topological polar surface area (TPSA) is 88.6 Å². The van der Waals surface area contributed by atoms with Crippen LogP contribution in [-0.2, 0) is 13.5 Å². The van der Waals surface area contributed by atoms with Crippen LogP contribution in [0.5, 0.6) is 0 Å². The summed E-state index contributed by atoms with van der Waals surface area (Å²) < 4.78 is 15.5. The number of ketones is 1. The first kappa shape index (κ1) is 19.5. The molecule has 148 valence electrons. The summed E-state index contributed by atoms with van der Waals surface area (Å²) in [6, 6.07) is 3.52. The lowest BCUT2D eigenvalue weighted by Crippen LogP contribution is -2.24. The van der Waals surface area contributed by atoms with Crippen molar-refractivity contribution in [1.82, 2.24) is 29.3 Å². The molecule has 0 aliphatic rings. The van der Waals surface area contributed by atoms with E-state index < -0.39 is 6.67 Å². The predicted molar refractivity (Wildman–Crippen MR) is 101 cm³/mol. The van der Waals surface area contributed by atoms with Crippen LogP contribution in [0.3, 0.4) is 0 Å². The number of pyridine rings is 1. The Morgan fingerprint density at radius 2 is 2.00 bits per heavy atom. The van der Waals surface area contributed by atoms with Crippen molar-refractivity contribution in [2.75, 3.05) is 39.3 Å². The molecular weight excluding hydrogens is 365 g/mol. The molecule has 0 bridgehead atoms. The summed E-state index contributed by atoms with van der Waals surface area (Å²) in [5.41, 5.74) is 1.83. The van der Waals surface area contributed by atoms with Gasteiger partial charge in [0.1, 0.15) is 12.4 Å². The summed E-state index contributed by atoms with van der Waals surface area (Å²) in [6.45, 7) is -0.296. The monoisotopic (exact) mass is 387 g/mol. The lowest BCUT2D eigenvalue weighted by molar-refractivity contribution is 0.0819. The molecule has 0 unspecified atom stereocenters. The second-order valence-corrected chi connectivity index (χ2v) is 6.69. The molecule has 0 fully saturated rings. The molecule has 0 spiro atoms. The van der Waals surface area contributed by atoms with Crippen LogP contribution in [0.15, 0.2) is 24.5 Å². The zero-order valence-corrected chi connectivity index (χ0v) is 16.3. The third kappa shape index (κ3) is 3.71. The van der Waals surface area contributed by atoms with Crippen molar-refractivity contribution < 1.29 is 14.0 Å². The highest BCUT2D eigenvalue weighted by Crippen LogP contribution is 2.16. The van der Waals surface area contributed by atoms with Gasteiger partial charge in [0.15, 0.2) is 11.4 Å². The van der Waals surface area contributed by atoms with Gasteiger partial charge >= 0.3 is 0 Å². The summed E-state index contributed by atoms with van der Waals surface area (Å²) >= 11 is 0. The van der Waals surface area contributed by atoms with Gasteiger partial charge in [-0.3, -0.25) is 14.3 Å². The molecule has 1 amide bonds. The Kier molecular flexibility index (Phi) is 5.39. The average Bonchev–Trinajstić information content (AvgIpc) is 3.24.